The number of urea groups is 1. The van der Waals surface area contributed by atoms with Gasteiger partial charge >= 0.3 is 6.03 Å². The average molecular weight is 256 g/mol. The van der Waals surface area contributed by atoms with Gasteiger partial charge in [0.25, 0.3) is 0 Å². The second-order valence-electron chi connectivity index (χ2n) is 5.53. The summed E-state index contributed by atoms with van der Waals surface area (Å²) in [6.45, 7) is 4.00. The Balaban J connectivity index is 2.13. The van der Waals surface area contributed by atoms with Gasteiger partial charge in [0.15, 0.2) is 0 Å². The van der Waals surface area contributed by atoms with Gasteiger partial charge in [-0.3, -0.25) is 0 Å². The molecule has 2 amide bonds. The minimum absolute atomic E-state index is 0.000372. The highest BCUT2D eigenvalue weighted by Gasteiger charge is 2.17. The van der Waals surface area contributed by atoms with Gasteiger partial charge in [0.2, 0.25) is 0 Å². The van der Waals surface area contributed by atoms with Crippen molar-refractivity contribution in [3.05, 3.63) is 0 Å². The predicted octanol–water partition coefficient (Wildman–Crippen LogP) is 2.42. The number of carbonyl (C=O) groups excluding carboxylic acids is 1. The van der Waals surface area contributed by atoms with Gasteiger partial charge in [0.05, 0.1) is 12.6 Å². The first-order chi connectivity index (χ1) is 8.65. The van der Waals surface area contributed by atoms with Gasteiger partial charge in [0.1, 0.15) is 0 Å². The molecular formula is C14H28N2O2. The first-order valence-corrected chi connectivity index (χ1v) is 7.33. The van der Waals surface area contributed by atoms with Crippen molar-refractivity contribution in [1.29, 1.82) is 0 Å². The van der Waals surface area contributed by atoms with Crippen molar-refractivity contribution in [2.24, 2.45) is 5.92 Å². The van der Waals surface area contributed by atoms with Crippen LogP contribution < -0.4 is 10.6 Å². The summed E-state index contributed by atoms with van der Waals surface area (Å²) in [6.07, 6.45) is 8.50. The molecule has 0 aliphatic heterocycles. The Morgan fingerprint density at radius 3 is 2.56 bits per heavy atom. The molecule has 0 bridgehead atoms. The van der Waals surface area contributed by atoms with E-state index in [2.05, 4.69) is 17.6 Å². The van der Waals surface area contributed by atoms with Crippen LogP contribution in [0.3, 0.4) is 0 Å². The van der Waals surface area contributed by atoms with E-state index in [0.717, 1.165) is 18.8 Å². The first kappa shape index (κ1) is 15.3. The molecule has 1 rings (SSSR count). The van der Waals surface area contributed by atoms with E-state index in [4.69, 9.17) is 5.11 Å². The van der Waals surface area contributed by atoms with Crippen LogP contribution in [-0.4, -0.2) is 29.8 Å². The zero-order valence-electron chi connectivity index (χ0n) is 11.7. The Kier molecular flexibility index (Phi) is 7.09. The van der Waals surface area contributed by atoms with Gasteiger partial charge < -0.3 is 15.7 Å². The molecule has 18 heavy (non-hydrogen) atoms. The summed E-state index contributed by atoms with van der Waals surface area (Å²) < 4.78 is 0. The zero-order valence-corrected chi connectivity index (χ0v) is 11.7. The van der Waals surface area contributed by atoms with E-state index in [-0.39, 0.29) is 24.7 Å². The summed E-state index contributed by atoms with van der Waals surface area (Å²) in [5.41, 5.74) is 0. The normalized spacial score (nSPS) is 19.5. The van der Waals surface area contributed by atoms with Gasteiger partial charge in [-0.1, -0.05) is 32.6 Å². The Labute approximate surface area is 111 Å². The SMILES string of the molecule is CCC(CO)NC(=O)NC(C)CCC1CCCC1. The van der Waals surface area contributed by atoms with Crippen molar-refractivity contribution >= 4 is 6.03 Å². The minimum atomic E-state index is -0.158. The number of aliphatic hydroxyl groups is 1. The fourth-order valence-electron chi connectivity index (χ4n) is 2.58. The summed E-state index contributed by atoms with van der Waals surface area (Å²) in [4.78, 5) is 11.6. The predicted molar refractivity (Wildman–Crippen MR) is 73.5 cm³/mol. The van der Waals surface area contributed by atoms with E-state index in [0.29, 0.717) is 0 Å². The molecule has 0 heterocycles. The number of carbonyl (C=O) groups is 1. The van der Waals surface area contributed by atoms with E-state index >= 15 is 0 Å². The second kappa shape index (κ2) is 8.35. The molecule has 2 unspecified atom stereocenters. The Morgan fingerprint density at radius 1 is 1.33 bits per heavy atom. The number of aliphatic hydroxyl groups excluding tert-OH is 1. The van der Waals surface area contributed by atoms with Crippen molar-refractivity contribution in [2.45, 2.75) is 70.9 Å². The molecule has 1 saturated carbocycles. The minimum Gasteiger partial charge on any atom is -0.394 e. The van der Waals surface area contributed by atoms with Crippen molar-refractivity contribution in [3.63, 3.8) is 0 Å². The Hall–Kier alpha value is -0.770. The van der Waals surface area contributed by atoms with Crippen LogP contribution in [0, 0.1) is 5.92 Å². The van der Waals surface area contributed by atoms with Gasteiger partial charge in [-0.05, 0) is 32.1 Å². The van der Waals surface area contributed by atoms with Gasteiger partial charge in [-0.2, -0.15) is 0 Å². The van der Waals surface area contributed by atoms with Crippen LogP contribution in [0.5, 0.6) is 0 Å². The molecule has 0 radical (unpaired) electrons. The number of amides is 2. The largest absolute Gasteiger partial charge is 0.394 e. The molecule has 0 saturated heterocycles. The molecule has 0 aromatic carbocycles. The topological polar surface area (TPSA) is 61.4 Å². The summed E-state index contributed by atoms with van der Waals surface area (Å²) in [5.74, 6) is 0.873. The Bertz CT molecular complexity index is 236. The lowest BCUT2D eigenvalue weighted by Crippen LogP contribution is -2.46. The highest BCUT2D eigenvalue weighted by Crippen LogP contribution is 2.28. The maximum atomic E-state index is 11.6. The van der Waals surface area contributed by atoms with Crippen LogP contribution in [0.2, 0.25) is 0 Å². The summed E-state index contributed by atoms with van der Waals surface area (Å²) in [5, 5.41) is 14.7. The van der Waals surface area contributed by atoms with Crippen molar-refractivity contribution in [1.82, 2.24) is 10.6 Å². The molecule has 1 aliphatic rings. The molecule has 4 nitrogen and oxygen atoms in total. The molecule has 1 fully saturated rings. The highest BCUT2D eigenvalue weighted by molar-refractivity contribution is 5.74. The van der Waals surface area contributed by atoms with Crippen LogP contribution in [0.25, 0.3) is 0 Å². The van der Waals surface area contributed by atoms with Crippen LogP contribution in [0.4, 0.5) is 4.79 Å². The summed E-state index contributed by atoms with van der Waals surface area (Å²) in [6, 6.07) is -0.0800. The molecule has 0 aromatic rings. The first-order valence-electron chi connectivity index (χ1n) is 7.33. The monoisotopic (exact) mass is 256 g/mol. The van der Waals surface area contributed by atoms with Gasteiger partial charge in [-0.25, -0.2) is 4.79 Å². The van der Waals surface area contributed by atoms with Crippen molar-refractivity contribution < 1.29 is 9.90 Å². The fraction of sp³-hybridized carbons (Fsp3) is 0.929. The molecule has 0 aromatic heterocycles. The second-order valence-corrected chi connectivity index (χ2v) is 5.53. The van der Waals surface area contributed by atoms with E-state index < -0.39 is 0 Å². The standard InChI is InChI=1S/C14H28N2O2/c1-3-13(10-17)16-14(18)15-11(2)8-9-12-6-4-5-7-12/h11-13,17H,3-10H2,1-2H3,(H2,15,16,18). The van der Waals surface area contributed by atoms with Crippen molar-refractivity contribution in [2.75, 3.05) is 6.61 Å². The smallest absolute Gasteiger partial charge is 0.315 e. The zero-order chi connectivity index (χ0) is 13.4. The van der Waals surface area contributed by atoms with E-state index in [9.17, 15) is 4.79 Å². The number of nitrogens with one attached hydrogen (secondary N) is 2. The molecule has 1 aliphatic carbocycles. The van der Waals surface area contributed by atoms with Gasteiger partial charge in [-0.15, -0.1) is 0 Å². The molecule has 3 N–H and O–H groups in total. The molecule has 0 spiro atoms. The maximum Gasteiger partial charge on any atom is 0.315 e. The quantitative estimate of drug-likeness (QED) is 0.655. The number of hydrogen-bond acceptors (Lipinski definition) is 2. The maximum absolute atomic E-state index is 11.6. The molecule has 106 valence electrons. The lowest BCUT2D eigenvalue weighted by Gasteiger charge is -2.19. The van der Waals surface area contributed by atoms with E-state index in [1.165, 1.54) is 32.1 Å². The third kappa shape index (κ3) is 5.71. The average Bonchev–Trinajstić information content (AvgIpc) is 2.86. The van der Waals surface area contributed by atoms with Crippen LogP contribution in [0.15, 0.2) is 0 Å². The summed E-state index contributed by atoms with van der Waals surface area (Å²) >= 11 is 0. The van der Waals surface area contributed by atoms with E-state index in [1.54, 1.807) is 0 Å². The lowest BCUT2D eigenvalue weighted by molar-refractivity contribution is 0.211. The highest BCUT2D eigenvalue weighted by atomic mass is 16.3. The van der Waals surface area contributed by atoms with Crippen molar-refractivity contribution in [3.8, 4) is 0 Å². The Morgan fingerprint density at radius 2 is 2.00 bits per heavy atom. The number of hydrogen-bond donors (Lipinski definition) is 3. The summed E-state index contributed by atoms with van der Waals surface area (Å²) in [7, 11) is 0. The molecular weight excluding hydrogens is 228 g/mol. The molecule has 4 heteroatoms. The van der Waals surface area contributed by atoms with Gasteiger partial charge in [0, 0.05) is 6.04 Å². The molecule has 2 atom stereocenters. The van der Waals surface area contributed by atoms with Crippen LogP contribution in [-0.2, 0) is 0 Å². The van der Waals surface area contributed by atoms with Crippen LogP contribution >= 0.6 is 0 Å². The lowest BCUT2D eigenvalue weighted by atomic mass is 9.99. The van der Waals surface area contributed by atoms with E-state index in [1.807, 2.05) is 6.92 Å². The third-order valence-corrected chi connectivity index (χ3v) is 3.91. The number of rotatable bonds is 7. The third-order valence-electron chi connectivity index (χ3n) is 3.91. The van der Waals surface area contributed by atoms with Crippen LogP contribution in [0.1, 0.15) is 58.8 Å². The fourth-order valence-corrected chi connectivity index (χ4v) is 2.58.